The first-order valence-electron chi connectivity index (χ1n) is 8.09. The van der Waals surface area contributed by atoms with Gasteiger partial charge in [-0.2, -0.15) is 0 Å². The number of carbonyl (C=O) groups excluding carboxylic acids is 1. The molecule has 1 aliphatic carbocycles. The van der Waals surface area contributed by atoms with Crippen LogP contribution >= 0.6 is 0 Å². The van der Waals surface area contributed by atoms with Gasteiger partial charge in [0.2, 0.25) is 0 Å². The lowest BCUT2D eigenvalue weighted by molar-refractivity contribution is -0.178. The molecule has 20 heavy (non-hydrogen) atoms. The van der Waals surface area contributed by atoms with E-state index in [2.05, 4.69) is 4.90 Å². The normalized spacial score (nSPS) is 42.1. The fourth-order valence-electron chi connectivity index (χ4n) is 5.03. The van der Waals surface area contributed by atoms with Gasteiger partial charge in [0, 0.05) is 25.6 Å². The van der Waals surface area contributed by atoms with Crippen LogP contribution in [0.1, 0.15) is 44.9 Å². The summed E-state index contributed by atoms with van der Waals surface area (Å²) in [6.07, 6.45) is 8.21. The number of carbonyl (C=O) groups is 1. The summed E-state index contributed by atoms with van der Waals surface area (Å²) in [6.45, 7) is 2.10. The molecule has 3 heterocycles. The number of nitrogens with zero attached hydrogens (tertiary/aromatic N) is 1. The van der Waals surface area contributed by atoms with E-state index in [1.807, 2.05) is 0 Å². The van der Waals surface area contributed by atoms with E-state index in [4.69, 9.17) is 4.74 Å². The van der Waals surface area contributed by atoms with Gasteiger partial charge in [-0.3, -0.25) is 9.69 Å². The highest BCUT2D eigenvalue weighted by Gasteiger charge is 2.62. The zero-order valence-electron chi connectivity index (χ0n) is 12.6. The van der Waals surface area contributed by atoms with Gasteiger partial charge in [-0.25, -0.2) is 0 Å². The Bertz CT molecular complexity index is 370. The molecule has 4 aliphatic rings. The molecule has 114 valence electrons. The Hall–Kier alpha value is -0.450. The average molecular weight is 281 g/mol. The van der Waals surface area contributed by atoms with Crippen molar-refractivity contribution >= 4 is 5.78 Å². The molecular formula is C16H27NO3. The molecule has 3 aliphatic heterocycles. The molecule has 2 bridgehead atoms. The van der Waals surface area contributed by atoms with Crippen LogP contribution in [0.3, 0.4) is 0 Å². The van der Waals surface area contributed by atoms with Crippen LogP contribution in [0.15, 0.2) is 0 Å². The van der Waals surface area contributed by atoms with Crippen molar-refractivity contribution in [2.45, 2.75) is 50.5 Å². The summed E-state index contributed by atoms with van der Waals surface area (Å²) in [7, 11) is 1.63. The number of ether oxygens (including phenoxy) is 1. The van der Waals surface area contributed by atoms with Crippen molar-refractivity contribution in [3.63, 3.8) is 0 Å². The number of fused-ring (bicyclic) bond motifs is 3. The molecule has 0 aromatic heterocycles. The minimum Gasteiger partial charge on any atom is -0.394 e. The molecule has 4 heteroatoms. The Labute approximate surface area is 121 Å². The van der Waals surface area contributed by atoms with Crippen LogP contribution in [-0.4, -0.2) is 54.7 Å². The molecule has 1 atom stereocenters. The van der Waals surface area contributed by atoms with Gasteiger partial charge >= 0.3 is 0 Å². The number of Topliss-reactive ketones (excluding diaryl/α,β-unsaturated/α-hetero) is 1. The fraction of sp³-hybridized carbons (Fsp3) is 0.938. The van der Waals surface area contributed by atoms with Crippen LogP contribution in [0.4, 0.5) is 0 Å². The molecule has 1 saturated carbocycles. The van der Waals surface area contributed by atoms with E-state index >= 15 is 0 Å². The van der Waals surface area contributed by atoms with Crippen molar-refractivity contribution < 1.29 is 14.6 Å². The van der Waals surface area contributed by atoms with Crippen molar-refractivity contribution in [3.8, 4) is 0 Å². The first-order valence-corrected chi connectivity index (χ1v) is 8.09. The molecule has 0 spiro atoms. The average Bonchev–Trinajstić information content (AvgIpc) is 2.52. The minimum atomic E-state index is -0.761. The van der Waals surface area contributed by atoms with Gasteiger partial charge in [-0.05, 0) is 31.6 Å². The number of piperidine rings is 3. The van der Waals surface area contributed by atoms with E-state index in [0.717, 1.165) is 25.9 Å². The van der Waals surface area contributed by atoms with Gasteiger partial charge < -0.3 is 9.84 Å². The maximum Gasteiger partial charge on any atom is 0.164 e. The van der Waals surface area contributed by atoms with Gasteiger partial charge in [0.1, 0.15) is 5.54 Å². The van der Waals surface area contributed by atoms with E-state index in [-0.39, 0.29) is 17.8 Å². The summed E-state index contributed by atoms with van der Waals surface area (Å²) < 4.78 is 5.31. The van der Waals surface area contributed by atoms with E-state index in [0.29, 0.717) is 12.5 Å². The Balaban J connectivity index is 1.93. The molecule has 0 unspecified atom stereocenters. The summed E-state index contributed by atoms with van der Waals surface area (Å²) in [6, 6.07) is 0. The Kier molecular flexibility index (Phi) is 3.91. The maximum atomic E-state index is 13.3. The van der Waals surface area contributed by atoms with E-state index < -0.39 is 5.54 Å². The van der Waals surface area contributed by atoms with Crippen LogP contribution in [0.25, 0.3) is 0 Å². The van der Waals surface area contributed by atoms with Crippen molar-refractivity contribution in [2.24, 2.45) is 11.3 Å². The first-order chi connectivity index (χ1) is 9.69. The van der Waals surface area contributed by atoms with Crippen LogP contribution in [-0.2, 0) is 9.53 Å². The lowest BCUT2D eigenvalue weighted by Crippen LogP contribution is -2.73. The zero-order valence-corrected chi connectivity index (χ0v) is 12.6. The van der Waals surface area contributed by atoms with Crippen LogP contribution in [0.2, 0.25) is 0 Å². The second-order valence-corrected chi connectivity index (χ2v) is 6.93. The Morgan fingerprint density at radius 3 is 2.45 bits per heavy atom. The third-order valence-corrected chi connectivity index (χ3v) is 6.17. The first kappa shape index (κ1) is 14.5. The molecule has 3 saturated heterocycles. The van der Waals surface area contributed by atoms with Crippen molar-refractivity contribution in [1.82, 2.24) is 4.90 Å². The topological polar surface area (TPSA) is 49.8 Å². The van der Waals surface area contributed by atoms with E-state index in [1.54, 1.807) is 7.11 Å². The molecule has 0 amide bonds. The van der Waals surface area contributed by atoms with Gasteiger partial charge in [0.15, 0.2) is 5.78 Å². The van der Waals surface area contributed by atoms with Crippen molar-refractivity contribution in [1.29, 1.82) is 0 Å². The number of aliphatic hydroxyl groups is 1. The van der Waals surface area contributed by atoms with Gasteiger partial charge in [0.25, 0.3) is 0 Å². The number of aliphatic hydroxyl groups excluding tert-OH is 1. The molecule has 4 nitrogen and oxygen atoms in total. The van der Waals surface area contributed by atoms with Gasteiger partial charge in [-0.15, -0.1) is 0 Å². The van der Waals surface area contributed by atoms with Crippen LogP contribution in [0.5, 0.6) is 0 Å². The number of methoxy groups -OCH3 is 1. The van der Waals surface area contributed by atoms with Crippen molar-refractivity contribution in [2.75, 3.05) is 33.4 Å². The maximum absolute atomic E-state index is 13.3. The summed E-state index contributed by atoms with van der Waals surface area (Å²) in [5.74, 6) is 0.813. The highest BCUT2D eigenvalue weighted by Crippen LogP contribution is 2.53. The largest absolute Gasteiger partial charge is 0.394 e. The second-order valence-electron chi connectivity index (χ2n) is 6.93. The summed E-state index contributed by atoms with van der Waals surface area (Å²) >= 11 is 0. The molecular weight excluding hydrogens is 254 g/mol. The molecule has 4 fully saturated rings. The Morgan fingerprint density at radius 1 is 1.25 bits per heavy atom. The summed E-state index contributed by atoms with van der Waals surface area (Å²) in [4.78, 5) is 15.4. The molecule has 4 rings (SSSR count). The minimum absolute atomic E-state index is 0.103. The van der Waals surface area contributed by atoms with Crippen LogP contribution in [0, 0.1) is 11.3 Å². The molecule has 0 radical (unpaired) electrons. The standard InChI is InChI=1S/C16H27NO3/c1-20-12-16(11-18)14(19)15(7-9-17(16)10-8-15)13-5-3-2-4-6-13/h13,18H,2-12H2,1H3/t16-/m1/s1. The SMILES string of the molecule is COC[C@]1(CO)C(=O)C2(C3CCCCC3)CCN1CC2. The summed E-state index contributed by atoms with van der Waals surface area (Å²) in [5.41, 5.74) is -0.931. The number of rotatable bonds is 4. The predicted molar refractivity (Wildman–Crippen MR) is 76.5 cm³/mol. The van der Waals surface area contributed by atoms with Crippen LogP contribution < -0.4 is 0 Å². The predicted octanol–water partition coefficient (Wildman–Crippen LogP) is 1.61. The smallest absolute Gasteiger partial charge is 0.164 e. The highest BCUT2D eigenvalue weighted by molar-refractivity contribution is 5.96. The molecule has 1 N–H and O–H groups in total. The fourth-order valence-corrected chi connectivity index (χ4v) is 5.03. The third kappa shape index (κ3) is 1.88. The third-order valence-electron chi connectivity index (χ3n) is 6.17. The number of hydrogen-bond acceptors (Lipinski definition) is 4. The number of ketones is 1. The Morgan fingerprint density at radius 2 is 1.90 bits per heavy atom. The second kappa shape index (κ2) is 5.39. The van der Waals surface area contributed by atoms with Crippen molar-refractivity contribution in [3.05, 3.63) is 0 Å². The summed E-state index contributed by atoms with van der Waals surface area (Å²) in [5, 5.41) is 9.94. The lowest BCUT2D eigenvalue weighted by atomic mass is 9.55. The quantitative estimate of drug-likeness (QED) is 0.850. The van der Waals surface area contributed by atoms with E-state index in [9.17, 15) is 9.90 Å². The molecule has 0 aromatic carbocycles. The number of hydrogen-bond donors (Lipinski definition) is 1. The zero-order chi connectivity index (χ0) is 14.2. The van der Waals surface area contributed by atoms with E-state index in [1.165, 1.54) is 32.1 Å². The van der Waals surface area contributed by atoms with Gasteiger partial charge in [0.05, 0.1) is 13.2 Å². The monoisotopic (exact) mass is 281 g/mol. The van der Waals surface area contributed by atoms with Gasteiger partial charge in [-0.1, -0.05) is 19.3 Å². The lowest BCUT2D eigenvalue weighted by Gasteiger charge is -2.60. The molecule has 0 aromatic rings. The highest BCUT2D eigenvalue weighted by atomic mass is 16.5.